The van der Waals surface area contributed by atoms with Crippen LogP contribution in [0, 0.1) is 5.82 Å². The molecule has 0 amide bonds. The molecule has 0 unspecified atom stereocenters. The summed E-state index contributed by atoms with van der Waals surface area (Å²) >= 11 is 0. The molecule has 0 aliphatic heterocycles. The predicted molar refractivity (Wildman–Crippen MR) is 90.0 cm³/mol. The molecule has 4 rings (SSSR count). The molecule has 2 aromatic heterocycles. The van der Waals surface area contributed by atoms with E-state index in [9.17, 15) is 4.39 Å². The van der Waals surface area contributed by atoms with Gasteiger partial charge in [-0.3, -0.25) is 0 Å². The highest BCUT2D eigenvalue weighted by atomic mass is 19.1. The van der Waals surface area contributed by atoms with E-state index < -0.39 is 0 Å². The van der Waals surface area contributed by atoms with E-state index in [0.717, 1.165) is 23.9 Å². The zero-order chi connectivity index (χ0) is 16.4. The van der Waals surface area contributed by atoms with Crippen LogP contribution in [0.4, 0.5) is 4.39 Å². The number of H-pyrrole nitrogens is 1. The minimum Gasteiger partial charge on any atom is -0.421 e. The van der Waals surface area contributed by atoms with Crippen molar-refractivity contribution in [3.05, 3.63) is 72.0 Å². The lowest BCUT2D eigenvalue weighted by Gasteiger charge is -1.98. The summed E-state index contributed by atoms with van der Waals surface area (Å²) in [7, 11) is 0. The molecule has 0 radical (unpaired) electrons. The highest BCUT2D eigenvalue weighted by Crippen LogP contribution is 2.21. The summed E-state index contributed by atoms with van der Waals surface area (Å²) < 4.78 is 18.6. The van der Waals surface area contributed by atoms with Gasteiger partial charge in [-0.15, -0.1) is 10.2 Å². The number of nitrogens with zero attached hydrogens (tertiary/aromatic N) is 2. The average Bonchev–Trinajstić information content (AvgIpc) is 3.23. The zero-order valence-electron chi connectivity index (χ0n) is 13.0. The third-order valence-corrected chi connectivity index (χ3v) is 4.07. The van der Waals surface area contributed by atoms with Gasteiger partial charge in [-0.2, -0.15) is 0 Å². The summed E-state index contributed by atoms with van der Waals surface area (Å²) in [6.45, 7) is 0. The van der Waals surface area contributed by atoms with Crippen LogP contribution in [0.1, 0.15) is 17.9 Å². The molecule has 0 fully saturated rings. The van der Waals surface area contributed by atoms with Crippen molar-refractivity contribution < 1.29 is 8.81 Å². The molecule has 4 nitrogen and oxygen atoms in total. The van der Waals surface area contributed by atoms with Crippen molar-refractivity contribution in [2.75, 3.05) is 0 Å². The van der Waals surface area contributed by atoms with Gasteiger partial charge in [0.1, 0.15) is 5.82 Å². The van der Waals surface area contributed by atoms with Crippen molar-refractivity contribution in [1.82, 2.24) is 15.2 Å². The lowest BCUT2D eigenvalue weighted by Crippen LogP contribution is -1.89. The van der Waals surface area contributed by atoms with E-state index in [-0.39, 0.29) is 5.82 Å². The van der Waals surface area contributed by atoms with Crippen molar-refractivity contribution in [1.29, 1.82) is 0 Å². The number of rotatable bonds is 5. The van der Waals surface area contributed by atoms with Crippen molar-refractivity contribution in [3.8, 4) is 11.5 Å². The molecule has 0 aliphatic rings. The first kappa shape index (κ1) is 14.6. The Bertz CT molecular complexity index is 956. The van der Waals surface area contributed by atoms with E-state index in [1.54, 1.807) is 12.1 Å². The minimum absolute atomic E-state index is 0.280. The summed E-state index contributed by atoms with van der Waals surface area (Å²) in [6.07, 6.45) is 4.64. The number of para-hydroxylation sites is 1. The lowest BCUT2D eigenvalue weighted by molar-refractivity contribution is 0.497. The van der Waals surface area contributed by atoms with Crippen molar-refractivity contribution >= 4 is 10.9 Å². The summed E-state index contributed by atoms with van der Waals surface area (Å²) in [5, 5.41) is 9.37. The van der Waals surface area contributed by atoms with Crippen LogP contribution in [0.15, 0.2) is 59.1 Å². The Morgan fingerprint density at radius 3 is 2.67 bits per heavy atom. The summed E-state index contributed by atoms with van der Waals surface area (Å²) in [5.41, 5.74) is 3.18. The van der Waals surface area contributed by atoms with E-state index in [0.29, 0.717) is 18.2 Å². The number of nitrogens with one attached hydrogen (secondary N) is 1. The molecule has 1 N–H and O–H groups in total. The molecular formula is C19H16FN3O. The molecule has 120 valence electrons. The molecule has 2 aromatic carbocycles. The van der Waals surface area contributed by atoms with Gasteiger partial charge < -0.3 is 9.40 Å². The van der Waals surface area contributed by atoms with E-state index in [2.05, 4.69) is 33.5 Å². The largest absolute Gasteiger partial charge is 0.421 e. The fourth-order valence-corrected chi connectivity index (χ4v) is 2.83. The van der Waals surface area contributed by atoms with Gasteiger partial charge in [0.05, 0.1) is 0 Å². The van der Waals surface area contributed by atoms with E-state index in [1.165, 1.54) is 23.1 Å². The number of fused-ring (bicyclic) bond motifs is 1. The van der Waals surface area contributed by atoms with Crippen molar-refractivity contribution in [2.24, 2.45) is 0 Å². The summed E-state index contributed by atoms with van der Waals surface area (Å²) in [6, 6.07) is 14.3. The van der Waals surface area contributed by atoms with E-state index >= 15 is 0 Å². The molecule has 24 heavy (non-hydrogen) atoms. The van der Waals surface area contributed by atoms with Gasteiger partial charge in [0.2, 0.25) is 11.8 Å². The van der Waals surface area contributed by atoms with Gasteiger partial charge in [0.15, 0.2) is 0 Å². The molecule has 5 heteroatoms. The van der Waals surface area contributed by atoms with Crippen LogP contribution in [-0.2, 0) is 12.8 Å². The maximum Gasteiger partial charge on any atom is 0.247 e. The van der Waals surface area contributed by atoms with E-state index in [1.807, 2.05) is 12.1 Å². The standard InChI is InChI=1S/C19H16FN3O/c20-15-10-8-13(9-11-15)19-23-22-18(24-19)7-3-4-14-12-21-17-6-2-1-5-16(14)17/h1-2,5-6,8-12,21H,3-4,7H2. The number of aryl methyl sites for hydroxylation is 2. The molecule has 0 bridgehead atoms. The first-order valence-electron chi connectivity index (χ1n) is 7.93. The van der Waals surface area contributed by atoms with Crippen LogP contribution in [0.3, 0.4) is 0 Å². The molecule has 0 aliphatic carbocycles. The first-order chi connectivity index (χ1) is 11.8. The van der Waals surface area contributed by atoms with Crippen LogP contribution < -0.4 is 0 Å². The number of hydrogen-bond acceptors (Lipinski definition) is 3. The molecule has 0 spiro atoms. The van der Waals surface area contributed by atoms with Gasteiger partial charge in [0, 0.05) is 29.1 Å². The Hall–Kier alpha value is -2.95. The van der Waals surface area contributed by atoms with Crippen LogP contribution in [0.5, 0.6) is 0 Å². The quantitative estimate of drug-likeness (QED) is 0.587. The maximum atomic E-state index is 13.0. The number of hydrogen-bond donors (Lipinski definition) is 1. The SMILES string of the molecule is Fc1ccc(-c2nnc(CCCc3c[nH]c4ccccc34)o2)cc1. The van der Waals surface area contributed by atoms with Gasteiger partial charge in [-0.25, -0.2) is 4.39 Å². The van der Waals surface area contributed by atoms with Gasteiger partial charge in [-0.1, -0.05) is 18.2 Å². The Balaban J connectivity index is 1.41. The Kier molecular flexibility index (Phi) is 3.83. The third-order valence-electron chi connectivity index (χ3n) is 4.07. The predicted octanol–water partition coefficient (Wildman–Crippen LogP) is 4.53. The Morgan fingerprint density at radius 1 is 0.958 bits per heavy atom. The topological polar surface area (TPSA) is 54.7 Å². The molecular weight excluding hydrogens is 305 g/mol. The van der Waals surface area contributed by atoms with E-state index in [4.69, 9.17) is 4.42 Å². The molecule has 0 saturated heterocycles. The van der Waals surface area contributed by atoms with Gasteiger partial charge in [-0.05, 0) is 48.7 Å². The van der Waals surface area contributed by atoms with Crippen LogP contribution in [-0.4, -0.2) is 15.2 Å². The molecule has 2 heterocycles. The second-order valence-corrected chi connectivity index (χ2v) is 5.72. The second kappa shape index (κ2) is 6.28. The van der Waals surface area contributed by atoms with Crippen LogP contribution in [0.25, 0.3) is 22.4 Å². The van der Waals surface area contributed by atoms with Crippen LogP contribution >= 0.6 is 0 Å². The lowest BCUT2D eigenvalue weighted by atomic mass is 10.1. The first-order valence-corrected chi connectivity index (χ1v) is 7.93. The normalized spacial score (nSPS) is 11.2. The fraction of sp³-hybridized carbons (Fsp3) is 0.158. The zero-order valence-corrected chi connectivity index (χ0v) is 13.0. The monoisotopic (exact) mass is 321 g/mol. The fourth-order valence-electron chi connectivity index (χ4n) is 2.83. The number of benzene rings is 2. The number of aromatic nitrogens is 3. The average molecular weight is 321 g/mol. The summed E-state index contributed by atoms with van der Waals surface area (Å²) in [4.78, 5) is 3.28. The van der Waals surface area contributed by atoms with Gasteiger partial charge in [0.25, 0.3) is 0 Å². The number of halogens is 1. The molecule has 4 aromatic rings. The minimum atomic E-state index is -0.280. The van der Waals surface area contributed by atoms with Crippen molar-refractivity contribution in [3.63, 3.8) is 0 Å². The smallest absolute Gasteiger partial charge is 0.247 e. The summed E-state index contributed by atoms with van der Waals surface area (Å²) in [5.74, 6) is 0.753. The number of aromatic amines is 1. The molecule has 0 atom stereocenters. The van der Waals surface area contributed by atoms with Crippen LogP contribution in [0.2, 0.25) is 0 Å². The Labute approximate surface area is 138 Å². The highest BCUT2D eigenvalue weighted by molar-refractivity contribution is 5.82. The maximum absolute atomic E-state index is 13.0. The molecule has 0 saturated carbocycles. The van der Waals surface area contributed by atoms with Gasteiger partial charge >= 0.3 is 0 Å². The highest BCUT2D eigenvalue weighted by Gasteiger charge is 2.09. The third kappa shape index (κ3) is 2.93. The van der Waals surface area contributed by atoms with Crippen molar-refractivity contribution in [2.45, 2.75) is 19.3 Å². The Morgan fingerprint density at radius 2 is 1.79 bits per heavy atom. The second-order valence-electron chi connectivity index (χ2n) is 5.72.